The lowest BCUT2D eigenvalue weighted by atomic mass is 9.94. The molecule has 1 unspecified atom stereocenters. The molecule has 0 aliphatic rings. The molecule has 2 aromatic carbocycles. The van der Waals surface area contributed by atoms with Crippen molar-refractivity contribution in [1.82, 2.24) is 0 Å². The second-order valence-electron chi connectivity index (χ2n) is 5.43. The molecule has 0 amide bonds. The molecule has 0 saturated carbocycles. The van der Waals surface area contributed by atoms with E-state index >= 15 is 0 Å². The first-order chi connectivity index (χ1) is 11.5. The molecule has 1 heterocycles. The summed E-state index contributed by atoms with van der Waals surface area (Å²) in [5.41, 5.74) is 1.48. The van der Waals surface area contributed by atoms with E-state index in [0.29, 0.717) is 27.1 Å². The van der Waals surface area contributed by atoms with Crippen molar-refractivity contribution in [2.45, 2.75) is 12.8 Å². The second kappa shape index (κ2) is 6.49. The lowest BCUT2D eigenvalue weighted by Crippen LogP contribution is -2.14. The number of ether oxygens (including phenoxy) is 1. The van der Waals surface area contributed by atoms with Gasteiger partial charge in [-0.1, -0.05) is 41.9 Å². The zero-order valence-electron chi connectivity index (χ0n) is 13.2. The molecule has 3 aromatic rings. The monoisotopic (exact) mass is 342 g/mol. The van der Waals surface area contributed by atoms with Crippen LogP contribution in [0.15, 0.2) is 52.9 Å². The van der Waals surface area contributed by atoms with E-state index in [-0.39, 0.29) is 11.5 Å². The van der Waals surface area contributed by atoms with Crippen molar-refractivity contribution in [3.63, 3.8) is 0 Å². The maximum atomic E-state index is 12.9. The zero-order chi connectivity index (χ0) is 17.3. The molecule has 0 N–H and O–H groups in total. The van der Waals surface area contributed by atoms with Crippen molar-refractivity contribution in [2.24, 2.45) is 0 Å². The Labute approximate surface area is 144 Å². The van der Waals surface area contributed by atoms with Gasteiger partial charge in [-0.25, -0.2) is 0 Å². The summed E-state index contributed by atoms with van der Waals surface area (Å²) in [5.74, 6) is -1.25. The maximum absolute atomic E-state index is 12.9. The van der Waals surface area contributed by atoms with Crippen LogP contribution in [0, 0.1) is 0 Å². The molecule has 122 valence electrons. The van der Waals surface area contributed by atoms with Crippen molar-refractivity contribution in [3.05, 3.63) is 70.4 Å². The number of furan rings is 1. The highest BCUT2D eigenvalue weighted by atomic mass is 35.5. The van der Waals surface area contributed by atoms with Gasteiger partial charge in [0.15, 0.2) is 5.76 Å². The normalized spacial score (nSPS) is 12.1. The summed E-state index contributed by atoms with van der Waals surface area (Å²) in [7, 11) is 1.31. The van der Waals surface area contributed by atoms with Gasteiger partial charge in [0.05, 0.1) is 13.0 Å². The summed E-state index contributed by atoms with van der Waals surface area (Å²) in [6.45, 7) is 1.68. The van der Waals surface area contributed by atoms with Crippen LogP contribution in [0.3, 0.4) is 0 Å². The van der Waals surface area contributed by atoms with Crippen LogP contribution in [-0.4, -0.2) is 18.9 Å². The zero-order valence-corrected chi connectivity index (χ0v) is 14.0. The molecule has 1 atom stereocenters. The standard InChI is InChI=1S/C19H15ClO4/c1-11(19(22)23-2)16-14-10-13(20)8-9-15(14)24-18(16)17(21)12-6-4-3-5-7-12/h3-11H,1-2H3. The second-order valence-corrected chi connectivity index (χ2v) is 5.86. The van der Waals surface area contributed by atoms with Gasteiger partial charge in [0.1, 0.15) is 5.58 Å². The fourth-order valence-corrected chi connectivity index (χ4v) is 2.87. The Balaban J connectivity index is 2.23. The van der Waals surface area contributed by atoms with Crippen molar-refractivity contribution in [1.29, 1.82) is 0 Å². The van der Waals surface area contributed by atoms with Gasteiger partial charge >= 0.3 is 5.97 Å². The molecular formula is C19H15ClO4. The molecule has 0 bridgehead atoms. The van der Waals surface area contributed by atoms with Crippen LogP contribution < -0.4 is 0 Å². The van der Waals surface area contributed by atoms with E-state index in [1.54, 1.807) is 49.4 Å². The molecule has 24 heavy (non-hydrogen) atoms. The summed E-state index contributed by atoms with van der Waals surface area (Å²) in [5, 5.41) is 1.14. The van der Waals surface area contributed by atoms with Crippen LogP contribution in [0.2, 0.25) is 5.02 Å². The van der Waals surface area contributed by atoms with Crippen LogP contribution in [0.1, 0.15) is 34.5 Å². The number of carbonyl (C=O) groups excluding carboxylic acids is 2. The SMILES string of the molecule is COC(=O)C(C)c1c(C(=O)c2ccccc2)oc2ccc(Cl)cc12. The molecule has 0 aliphatic heterocycles. The van der Waals surface area contributed by atoms with Gasteiger partial charge in [-0.3, -0.25) is 9.59 Å². The highest BCUT2D eigenvalue weighted by Crippen LogP contribution is 2.35. The average Bonchev–Trinajstić information content (AvgIpc) is 2.98. The van der Waals surface area contributed by atoms with Crippen LogP contribution in [0.4, 0.5) is 0 Å². The number of methoxy groups -OCH3 is 1. The van der Waals surface area contributed by atoms with Gasteiger partial charge in [-0.15, -0.1) is 0 Å². The van der Waals surface area contributed by atoms with Crippen LogP contribution in [-0.2, 0) is 9.53 Å². The number of fused-ring (bicyclic) bond motifs is 1. The first-order valence-corrected chi connectivity index (χ1v) is 7.80. The summed E-state index contributed by atoms with van der Waals surface area (Å²) in [4.78, 5) is 24.9. The number of ketones is 1. The fraction of sp³-hybridized carbons (Fsp3) is 0.158. The minimum atomic E-state index is -0.655. The van der Waals surface area contributed by atoms with E-state index < -0.39 is 11.9 Å². The lowest BCUT2D eigenvalue weighted by Gasteiger charge is -2.10. The maximum Gasteiger partial charge on any atom is 0.313 e. The molecule has 0 saturated heterocycles. The molecule has 0 aliphatic carbocycles. The number of rotatable bonds is 4. The van der Waals surface area contributed by atoms with Crippen molar-refractivity contribution in [3.8, 4) is 0 Å². The smallest absolute Gasteiger partial charge is 0.313 e. The van der Waals surface area contributed by atoms with Crippen LogP contribution in [0.25, 0.3) is 11.0 Å². The van der Waals surface area contributed by atoms with Gasteiger partial charge in [-0.05, 0) is 25.1 Å². The van der Waals surface area contributed by atoms with Crippen molar-refractivity contribution < 1.29 is 18.7 Å². The Bertz CT molecular complexity index is 912. The molecule has 0 radical (unpaired) electrons. The third-order valence-corrected chi connectivity index (χ3v) is 4.15. The quantitative estimate of drug-likeness (QED) is 0.514. The first kappa shape index (κ1) is 16.3. The van der Waals surface area contributed by atoms with Gasteiger partial charge < -0.3 is 9.15 Å². The Morgan fingerprint density at radius 3 is 2.50 bits per heavy atom. The third-order valence-electron chi connectivity index (χ3n) is 3.92. The minimum absolute atomic E-state index is 0.136. The van der Waals surface area contributed by atoms with E-state index in [1.807, 2.05) is 6.07 Å². The summed E-state index contributed by atoms with van der Waals surface area (Å²) in [6, 6.07) is 13.8. The van der Waals surface area contributed by atoms with Gasteiger partial charge in [0.25, 0.3) is 0 Å². The predicted octanol–water partition coefficient (Wildman–Crippen LogP) is 4.59. The van der Waals surface area contributed by atoms with Gasteiger partial charge in [-0.2, -0.15) is 0 Å². The van der Waals surface area contributed by atoms with Gasteiger partial charge in [0.2, 0.25) is 5.78 Å². The number of carbonyl (C=O) groups is 2. The largest absolute Gasteiger partial charge is 0.469 e. The van der Waals surface area contributed by atoms with Gasteiger partial charge in [0, 0.05) is 21.5 Å². The number of hydrogen-bond acceptors (Lipinski definition) is 4. The van der Waals surface area contributed by atoms with E-state index in [1.165, 1.54) is 7.11 Å². The molecule has 1 aromatic heterocycles. The first-order valence-electron chi connectivity index (χ1n) is 7.42. The lowest BCUT2D eigenvalue weighted by molar-refractivity contribution is -0.141. The van der Waals surface area contributed by atoms with E-state index in [0.717, 1.165) is 0 Å². The van der Waals surface area contributed by atoms with E-state index in [9.17, 15) is 9.59 Å². The van der Waals surface area contributed by atoms with E-state index in [4.69, 9.17) is 20.8 Å². The predicted molar refractivity (Wildman–Crippen MR) is 91.5 cm³/mol. The summed E-state index contributed by atoms with van der Waals surface area (Å²) >= 11 is 6.07. The molecule has 5 heteroatoms. The topological polar surface area (TPSA) is 56.5 Å². The van der Waals surface area contributed by atoms with E-state index in [2.05, 4.69) is 0 Å². The molecule has 0 fully saturated rings. The minimum Gasteiger partial charge on any atom is -0.469 e. The fourth-order valence-electron chi connectivity index (χ4n) is 2.70. The number of esters is 1. The van der Waals surface area contributed by atoms with Crippen molar-refractivity contribution in [2.75, 3.05) is 7.11 Å². The summed E-state index contributed by atoms with van der Waals surface area (Å²) < 4.78 is 10.6. The number of benzene rings is 2. The average molecular weight is 343 g/mol. The number of halogens is 1. The Morgan fingerprint density at radius 2 is 1.83 bits per heavy atom. The molecule has 3 rings (SSSR count). The Morgan fingerprint density at radius 1 is 1.12 bits per heavy atom. The summed E-state index contributed by atoms with van der Waals surface area (Å²) in [6.07, 6.45) is 0. The van der Waals surface area contributed by atoms with Crippen LogP contribution >= 0.6 is 11.6 Å². The Hall–Kier alpha value is -2.59. The van der Waals surface area contributed by atoms with Crippen LogP contribution in [0.5, 0.6) is 0 Å². The Kier molecular flexibility index (Phi) is 4.40. The highest BCUT2D eigenvalue weighted by molar-refractivity contribution is 6.31. The highest BCUT2D eigenvalue weighted by Gasteiger charge is 2.29. The third kappa shape index (κ3) is 2.81. The number of hydrogen-bond donors (Lipinski definition) is 0. The van der Waals surface area contributed by atoms with Crippen molar-refractivity contribution >= 4 is 34.3 Å². The molecule has 4 nitrogen and oxygen atoms in total. The molecule has 0 spiro atoms. The molecular weight excluding hydrogens is 328 g/mol.